The van der Waals surface area contributed by atoms with Gasteiger partial charge in [-0.3, -0.25) is 4.90 Å². The van der Waals surface area contributed by atoms with Crippen molar-refractivity contribution in [1.82, 2.24) is 4.90 Å². The molecule has 0 aromatic heterocycles. The minimum Gasteiger partial charge on any atom is -0.480 e. The zero-order chi connectivity index (χ0) is 13.1. The molecule has 1 aromatic carbocycles. The molecule has 1 rings (SSSR count). The first-order chi connectivity index (χ1) is 7.92. The molecule has 0 aliphatic carbocycles. The third kappa shape index (κ3) is 2.64. The molecule has 1 atom stereocenters. The van der Waals surface area contributed by atoms with Crippen molar-refractivity contribution in [2.75, 3.05) is 13.6 Å². The van der Waals surface area contributed by atoms with E-state index in [1.54, 1.807) is 24.9 Å². The summed E-state index contributed by atoms with van der Waals surface area (Å²) >= 11 is 0. The molecule has 0 bridgehead atoms. The third-order valence-electron chi connectivity index (χ3n) is 3.13. The molecule has 17 heavy (non-hydrogen) atoms. The van der Waals surface area contributed by atoms with E-state index in [4.69, 9.17) is 0 Å². The van der Waals surface area contributed by atoms with Crippen LogP contribution in [0.4, 0.5) is 4.39 Å². The van der Waals surface area contributed by atoms with Crippen LogP contribution in [0.1, 0.15) is 25.8 Å². The van der Waals surface area contributed by atoms with Gasteiger partial charge in [0.15, 0.2) is 0 Å². The van der Waals surface area contributed by atoms with Gasteiger partial charge in [-0.15, -0.1) is 0 Å². The highest BCUT2D eigenvalue weighted by Crippen LogP contribution is 2.28. The molecule has 3 nitrogen and oxygen atoms in total. The summed E-state index contributed by atoms with van der Waals surface area (Å²) < 4.78 is 13.2. The Morgan fingerprint density at radius 1 is 1.53 bits per heavy atom. The lowest BCUT2D eigenvalue weighted by Gasteiger charge is -2.35. The van der Waals surface area contributed by atoms with Gasteiger partial charge in [0.25, 0.3) is 0 Å². The van der Waals surface area contributed by atoms with E-state index < -0.39 is 17.3 Å². The third-order valence-corrected chi connectivity index (χ3v) is 3.13. The van der Waals surface area contributed by atoms with Crippen molar-refractivity contribution < 1.29 is 14.3 Å². The van der Waals surface area contributed by atoms with Crippen LogP contribution in [-0.4, -0.2) is 29.6 Å². The van der Waals surface area contributed by atoms with Crippen LogP contribution in [0.2, 0.25) is 0 Å². The Labute approximate surface area is 101 Å². The van der Waals surface area contributed by atoms with E-state index in [2.05, 4.69) is 0 Å². The average Bonchev–Trinajstić information content (AvgIpc) is 2.27. The Balaban J connectivity index is 3.20. The highest BCUT2D eigenvalue weighted by Gasteiger charge is 2.39. The van der Waals surface area contributed by atoms with E-state index in [-0.39, 0.29) is 0 Å². The SMILES string of the molecule is CCCN(C)C(C)(C(=O)O)c1cccc(F)c1. The molecule has 1 N–H and O–H groups in total. The minimum absolute atomic E-state index is 0.417. The molecular weight excluding hydrogens is 221 g/mol. The highest BCUT2D eigenvalue weighted by atomic mass is 19.1. The fraction of sp³-hybridized carbons (Fsp3) is 0.462. The second kappa shape index (κ2) is 5.27. The summed E-state index contributed by atoms with van der Waals surface area (Å²) in [6, 6.07) is 5.76. The first kappa shape index (κ1) is 13.6. The number of halogens is 1. The fourth-order valence-electron chi connectivity index (χ4n) is 1.86. The van der Waals surface area contributed by atoms with Gasteiger partial charge in [-0.05, 0) is 44.6 Å². The van der Waals surface area contributed by atoms with Crippen LogP contribution in [-0.2, 0) is 10.3 Å². The van der Waals surface area contributed by atoms with Gasteiger partial charge in [0, 0.05) is 0 Å². The molecule has 0 aliphatic heterocycles. The van der Waals surface area contributed by atoms with Gasteiger partial charge in [0.2, 0.25) is 0 Å². The largest absolute Gasteiger partial charge is 0.480 e. The summed E-state index contributed by atoms with van der Waals surface area (Å²) in [5.41, 5.74) is -0.737. The Morgan fingerprint density at radius 2 is 2.18 bits per heavy atom. The number of hydrogen-bond acceptors (Lipinski definition) is 2. The molecule has 0 saturated heterocycles. The maximum absolute atomic E-state index is 13.2. The quantitative estimate of drug-likeness (QED) is 0.858. The van der Waals surface area contributed by atoms with Crippen molar-refractivity contribution in [3.05, 3.63) is 35.6 Å². The van der Waals surface area contributed by atoms with Crippen LogP contribution in [0, 0.1) is 5.82 Å². The van der Waals surface area contributed by atoms with Gasteiger partial charge in [-0.25, -0.2) is 9.18 Å². The second-order valence-electron chi connectivity index (χ2n) is 4.31. The van der Waals surface area contributed by atoms with Crippen molar-refractivity contribution in [1.29, 1.82) is 0 Å². The van der Waals surface area contributed by atoms with Crippen LogP contribution in [0.25, 0.3) is 0 Å². The predicted octanol–water partition coefficient (Wildman–Crippen LogP) is 2.47. The number of benzene rings is 1. The van der Waals surface area contributed by atoms with E-state index in [1.165, 1.54) is 18.2 Å². The Kier molecular flexibility index (Phi) is 4.23. The number of aliphatic carboxylic acids is 1. The standard InChI is InChI=1S/C13H18FNO2/c1-4-8-15(3)13(2,12(16)17)10-6-5-7-11(14)9-10/h5-7,9H,4,8H2,1-3H3,(H,16,17). The van der Waals surface area contributed by atoms with Crippen molar-refractivity contribution in [3.63, 3.8) is 0 Å². The molecule has 0 spiro atoms. The molecule has 1 unspecified atom stereocenters. The zero-order valence-corrected chi connectivity index (χ0v) is 10.4. The van der Waals surface area contributed by atoms with E-state index in [9.17, 15) is 14.3 Å². The number of carboxylic acid groups (broad SMARTS) is 1. The number of carbonyl (C=O) groups is 1. The maximum Gasteiger partial charge on any atom is 0.328 e. The number of carboxylic acids is 1. The molecule has 0 saturated carbocycles. The average molecular weight is 239 g/mol. The number of likely N-dealkylation sites (N-methyl/N-ethyl adjacent to an activating group) is 1. The molecule has 0 heterocycles. The lowest BCUT2D eigenvalue weighted by Crippen LogP contribution is -2.48. The van der Waals surface area contributed by atoms with Gasteiger partial charge < -0.3 is 5.11 Å². The number of rotatable bonds is 5. The van der Waals surface area contributed by atoms with Gasteiger partial charge in [-0.1, -0.05) is 19.1 Å². The van der Waals surface area contributed by atoms with Crippen molar-refractivity contribution >= 4 is 5.97 Å². The smallest absolute Gasteiger partial charge is 0.328 e. The maximum atomic E-state index is 13.2. The molecule has 0 aliphatic rings. The summed E-state index contributed by atoms with van der Waals surface area (Å²) in [6.07, 6.45) is 0.842. The molecule has 0 amide bonds. The molecule has 0 radical (unpaired) electrons. The monoisotopic (exact) mass is 239 g/mol. The number of hydrogen-bond donors (Lipinski definition) is 1. The van der Waals surface area contributed by atoms with Crippen molar-refractivity contribution in [3.8, 4) is 0 Å². The summed E-state index contributed by atoms with van der Waals surface area (Å²) in [4.78, 5) is 13.2. The van der Waals surface area contributed by atoms with Crippen molar-refractivity contribution in [2.45, 2.75) is 25.8 Å². The first-order valence-electron chi connectivity index (χ1n) is 5.63. The van der Waals surface area contributed by atoms with Gasteiger partial charge in [-0.2, -0.15) is 0 Å². The summed E-state index contributed by atoms with van der Waals surface area (Å²) in [5, 5.41) is 9.41. The summed E-state index contributed by atoms with van der Waals surface area (Å²) in [5.74, 6) is -1.39. The van der Waals surface area contributed by atoms with Crippen LogP contribution >= 0.6 is 0 Å². The van der Waals surface area contributed by atoms with Crippen molar-refractivity contribution in [2.24, 2.45) is 0 Å². The van der Waals surface area contributed by atoms with Crippen LogP contribution in [0.15, 0.2) is 24.3 Å². The molecule has 0 fully saturated rings. The Bertz CT molecular complexity index is 408. The van der Waals surface area contributed by atoms with E-state index in [1.807, 2.05) is 6.92 Å². The van der Waals surface area contributed by atoms with E-state index >= 15 is 0 Å². The summed E-state index contributed by atoms with van der Waals surface area (Å²) in [6.45, 7) is 4.21. The molecule has 94 valence electrons. The predicted molar refractivity (Wildman–Crippen MR) is 64.3 cm³/mol. The minimum atomic E-state index is -1.20. The van der Waals surface area contributed by atoms with Crippen LogP contribution in [0.3, 0.4) is 0 Å². The normalized spacial score (nSPS) is 14.6. The highest BCUT2D eigenvalue weighted by molar-refractivity contribution is 5.80. The Hall–Kier alpha value is -1.42. The fourth-order valence-corrected chi connectivity index (χ4v) is 1.86. The second-order valence-corrected chi connectivity index (χ2v) is 4.31. The molecule has 1 aromatic rings. The lowest BCUT2D eigenvalue weighted by molar-refractivity contribution is -0.150. The lowest BCUT2D eigenvalue weighted by atomic mass is 9.90. The topological polar surface area (TPSA) is 40.5 Å². The van der Waals surface area contributed by atoms with E-state index in [0.29, 0.717) is 12.1 Å². The summed E-state index contributed by atoms with van der Waals surface area (Å²) in [7, 11) is 1.74. The molecule has 4 heteroatoms. The molecular formula is C13H18FNO2. The van der Waals surface area contributed by atoms with Gasteiger partial charge in [0.1, 0.15) is 11.4 Å². The zero-order valence-electron chi connectivity index (χ0n) is 10.4. The van der Waals surface area contributed by atoms with Gasteiger partial charge in [0.05, 0.1) is 0 Å². The van der Waals surface area contributed by atoms with E-state index in [0.717, 1.165) is 6.42 Å². The van der Waals surface area contributed by atoms with Crippen LogP contribution in [0.5, 0.6) is 0 Å². The first-order valence-corrected chi connectivity index (χ1v) is 5.63. The Morgan fingerprint density at radius 3 is 2.65 bits per heavy atom. The van der Waals surface area contributed by atoms with Gasteiger partial charge >= 0.3 is 5.97 Å². The number of nitrogens with zero attached hydrogens (tertiary/aromatic N) is 1. The van der Waals surface area contributed by atoms with Crippen LogP contribution < -0.4 is 0 Å².